The van der Waals surface area contributed by atoms with Gasteiger partial charge < -0.3 is 4.74 Å². The number of para-hydroxylation sites is 1. The largest absolute Gasteiger partial charge is 0.494 e. The summed E-state index contributed by atoms with van der Waals surface area (Å²) in [6, 6.07) is 26.4. The van der Waals surface area contributed by atoms with Crippen molar-refractivity contribution in [2.75, 3.05) is 12.4 Å². The van der Waals surface area contributed by atoms with Crippen molar-refractivity contribution in [1.82, 2.24) is 24.4 Å². The molecule has 3 heterocycles. The van der Waals surface area contributed by atoms with E-state index < -0.39 is 0 Å². The van der Waals surface area contributed by atoms with E-state index in [0.717, 1.165) is 59.0 Å². The molecule has 3 aromatic carbocycles. The number of thioether (sulfide) groups is 1. The van der Waals surface area contributed by atoms with Crippen LogP contribution in [0.2, 0.25) is 0 Å². The highest BCUT2D eigenvalue weighted by Crippen LogP contribution is 2.28. The number of thiazole rings is 1. The molecule has 0 fully saturated rings. The molecule has 6 aromatic rings. The standard InChI is InChI=1S/C36H35N5O2S2/c1-3-5-22-43-30-17-12-26(13-18-30)14-21-33-37-36-41(38-33)35(42)32(45-36)24-28-25-40(29-10-8-7-9-11-29)39-34(28)27-15-19-31(20-16-27)44-23-6-4-2/h7-21,24-25H,3-6,22-23H2,1-2H3/b21-14+,32-24-. The Labute approximate surface area is 270 Å². The molecule has 0 radical (unpaired) electrons. The summed E-state index contributed by atoms with van der Waals surface area (Å²) in [6.07, 6.45) is 12.2. The maximum absolute atomic E-state index is 13.4. The average Bonchev–Trinajstić information content (AvgIpc) is 3.76. The Morgan fingerprint density at radius 1 is 0.889 bits per heavy atom. The number of aromatic nitrogens is 5. The van der Waals surface area contributed by atoms with Crippen molar-refractivity contribution < 1.29 is 4.74 Å². The molecule has 0 N–H and O–H groups in total. The van der Waals surface area contributed by atoms with Gasteiger partial charge in [-0.3, -0.25) is 4.79 Å². The molecule has 7 nitrogen and oxygen atoms in total. The Bertz CT molecular complexity index is 1990. The Morgan fingerprint density at radius 2 is 1.67 bits per heavy atom. The molecule has 0 bridgehead atoms. The molecule has 6 rings (SSSR count). The van der Waals surface area contributed by atoms with Crippen molar-refractivity contribution in [1.29, 1.82) is 0 Å². The van der Waals surface area contributed by atoms with E-state index in [1.54, 1.807) is 0 Å². The molecule has 0 amide bonds. The lowest BCUT2D eigenvalue weighted by atomic mass is 10.1. The van der Waals surface area contributed by atoms with Crippen molar-refractivity contribution in [2.45, 2.75) is 44.4 Å². The monoisotopic (exact) mass is 633 g/mol. The molecule has 0 unspecified atom stereocenters. The normalized spacial score (nSPS) is 12.1. The van der Waals surface area contributed by atoms with Gasteiger partial charge in [-0.2, -0.15) is 14.6 Å². The highest BCUT2D eigenvalue weighted by molar-refractivity contribution is 7.99. The van der Waals surface area contributed by atoms with E-state index in [-0.39, 0.29) is 5.56 Å². The Morgan fingerprint density at radius 3 is 2.40 bits per heavy atom. The van der Waals surface area contributed by atoms with Gasteiger partial charge in [0.1, 0.15) is 5.75 Å². The summed E-state index contributed by atoms with van der Waals surface area (Å²) in [6.45, 7) is 5.08. The molecule has 228 valence electrons. The van der Waals surface area contributed by atoms with E-state index in [2.05, 4.69) is 48.2 Å². The number of hydrogen-bond acceptors (Lipinski definition) is 7. The summed E-state index contributed by atoms with van der Waals surface area (Å²) in [7, 11) is 0. The molecule has 0 spiro atoms. The van der Waals surface area contributed by atoms with Crippen molar-refractivity contribution >= 4 is 46.3 Å². The van der Waals surface area contributed by atoms with Crippen LogP contribution in [0.3, 0.4) is 0 Å². The molecule has 3 aromatic heterocycles. The quantitative estimate of drug-likeness (QED) is 0.0955. The van der Waals surface area contributed by atoms with Crippen molar-refractivity contribution in [2.24, 2.45) is 0 Å². The summed E-state index contributed by atoms with van der Waals surface area (Å²) < 4.78 is 9.54. The van der Waals surface area contributed by atoms with Gasteiger partial charge in [0, 0.05) is 22.2 Å². The Balaban J connectivity index is 1.27. The maximum Gasteiger partial charge on any atom is 0.291 e. The second-order valence-electron chi connectivity index (χ2n) is 10.6. The van der Waals surface area contributed by atoms with Gasteiger partial charge in [-0.1, -0.05) is 86.6 Å². The Hall–Kier alpha value is -4.47. The predicted octanol–water partition coefficient (Wildman–Crippen LogP) is 7.79. The third-order valence-corrected chi connectivity index (χ3v) is 9.27. The highest BCUT2D eigenvalue weighted by Gasteiger charge is 2.14. The van der Waals surface area contributed by atoms with E-state index in [9.17, 15) is 4.79 Å². The fourth-order valence-corrected chi connectivity index (χ4v) is 6.62. The molecule has 45 heavy (non-hydrogen) atoms. The number of unbranched alkanes of at least 4 members (excludes halogenated alkanes) is 2. The summed E-state index contributed by atoms with van der Waals surface area (Å²) in [5.74, 6) is 2.46. The van der Waals surface area contributed by atoms with E-state index in [1.807, 2.05) is 95.5 Å². The molecular formula is C36H35N5O2S2. The summed E-state index contributed by atoms with van der Waals surface area (Å²) >= 11 is 3.20. The summed E-state index contributed by atoms with van der Waals surface area (Å²) in [5, 5.41) is 9.42. The SMILES string of the molecule is CCCCOc1ccc(/C=C/c2nc3s/c(=C\c4cn(-c5ccccc5)nc4-c4ccc(SCCCC)cc4)c(=O)n3n2)cc1. The number of ether oxygens (including phenoxy) is 1. The van der Waals surface area contributed by atoms with E-state index in [0.29, 0.717) is 15.3 Å². The van der Waals surface area contributed by atoms with Gasteiger partial charge in [-0.05, 0) is 72.7 Å². The van der Waals surface area contributed by atoms with Gasteiger partial charge in [0.05, 0.1) is 22.5 Å². The lowest BCUT2D eigenvalue weighted by molar-refractivity contribution is 0.309. The first-order valence-corrected chi connectivity index (χ1v) is 17.1. The van der Waals surface area contributed by atoms with Gasteiger partial charge in [-0.25, -0.2) is 4.68 Å². The predicted molar refractivity (Wildman–Crippen MR) is 186 cm³/mol. The first kappa shape index (κ1) is 30.6. The minimum absolute atomic E-state index is 0.197. The molecule has 0 aliphatic heterocycles. The van der Waals surface area contributed by atoms with Crippen LogP contribution in [0, 0.1) is 0 Å². The van der Waals surface area contributed by atoms with Crippen molar-refractivity contribution in [3.8, 4) is 22.7 Å². The van der Waals surface area contributed by atoms with E-state index >= 15 is 0 Å². The first-order chi connectivity index (χ1) is 22.1. The minimum Gasteiger partial charge on any atom is -0.494 e. The molecule has 0 aliphatic rings. The molecule has 0 atom stereocenters. The molecule has 0 saturated carbocycles. The molecular weight excluding hydrogens is 599 g/mol. The van der Waals surface area contributed by atoms with Crippen molar-refractivity contribution in [3.63, 3.8) is 0 Å². The third kappa shape index (κ3) is 7.44. The smallest absolute Gasteiger partial charge is 0.291 e. The van der Waals surface area contributed by atoms with Crippen LogP contribution >= 0.6 is 23.1 Å². The van der Waals surface area contributed by atoms with Gasteiger partial charge in [0.2, 0.25) is 4.96 Å². The van der Waals surface area contributed by atoms with Crippen LogP contribution in [0.1, 0.15) is 56.5 Å². The number of hydrogen-bond donors (Lipinski definition) is 0. The zero-order valence-corrected chi connectivity index (χ0v) is 27.1. The fourth-order valence-electron chi connectivity index (χ4n) is 4.71. The topological polar surface area (TPSA) is 74.3 Å². The highest BCUT2D eigenvalue weighted by atomic mass is 32.2. The van der Waals surface area contributed by atoms with E-state index in [1.165, 1.54) is 33.6 Å². The van der Waals surface area contributed by atoms with Gasteiger partial charge in [-0.15, -0.1) is 16.9 Å². The molecule has 9 heteroatoms. The Kier molecular flexibility index (Phi) is 9.87. The van der Waals surface area contributed by atoms with E-state index in [4.69, 9.17) is 9.84 Å². The average molecular weight is 634 g/mol. The van der Waals surface area contributed by atoms with Gasteiger partial charge >= 0.3 is 0 Å². The minimum atomic E-state index is -0.197. The zero-order chi connectivity index (χ0) is 31.0. The van der Waals surface area contributed by atoms with Crippen LogP contribution in [0.25, 0.3) is 40.1 Å². The number of benzene rings is 3. The number of nitrogens with zero attached hydrogens (tertiary/aromatic N) is 5. The lowest BCUT2D eigenvalue weighted by Crippen LogP contribution is -2.23. The van der Waals surface area contributed by atoms with Crippen LogP contribution in [-0.2, 0) is 0 Å². The van der Waals surface area contributed by atoms with Crippen LogP contribution in [-0.4, -0.2) is 36.7 Å². The maximum atomic E-state index is 13.4. The number of fused-ring (bicyclic) bond motifs is 1. The second-order valence-corrected chi connectivity index (χ2v) is 12.8. The summed E-state index contributed by atoms with van der Waals surface area (Å²) in [5.41, 5.74) is 4.42. The second kappa shape index (κ2) is 14.5. The lowest BCUT2D eigenvalue weighted by Gasteiger charge is -2.04. The fraction of sp³-hybridized carbons (Fsp3) is 0.222. The van der Waals surface area contributed by atoms with Crippen LogP contribution in [0.15, 0.2) is 94.7 Å². The first-order valence-electron chi connectivity index (χ1n) is 15.3. The summed E-state index contributed by atoms with van der Waals surface area (Å²) in [4.78, 5) is 19.8. The van der Waals surface area contributed by atoms with Crippen molar-refractivity contribution in [3.05, 3.63) is 117 Å². The van der Waals surface area contributed by atoms with Gasteiger partial charge in [0.15, 0.2) is 5.82 Å². The van der Waals surface area contributed by atoms with Gasteiger partial charge in [0.25, 0.3) is 5.56 Å². The third-order valence-electron chi connectivity index (χ3n) is 7.21. The molecule has 0 saturated heterocycles. The van der Waals surface area contributed by atoms with Crippen LogP contribution < -0.4 is 14.8 Å². The van der Waals surface area contributed by atoms with Crippen LogP contribution in [0.4, 0.5) is 0 Å². The molecule has 0 aliphatic carbocycles. The zero-order valence-electron chi connectivity index (χ0n) is 25.4. The number of rotatable bonds is 13. The van der Waals surface area contributed by atoms with Crippen LogP contribution in [0.5, 0.6) is 5.75 Å².